The van der Waals surface area contributed by atoms with Crippen LogP contribution in [-0.4, -0.2) is 18.0 Å². The number of hydrogen-bond donors (Lipinski definition) is 1. The van der Waals surface area contributed by atoms with Crippen LogP contribution in [0.1, 0.15) is 16.7 Å². The molecule has 0 radical (unpaired) electrons. The summed E-state index contributed by atoms with van der Waals surface area (Å²) < 4.78 is 5.14. The Bertz CT molecular complexity index is 1070. The van der Waals surface area contributed by atoms with Crippen LogP contribution in [-0.2, 0) is 16.6 Å². The van der Waals surface area contributed by atoms with Crippen molar-refractivity contribution in [3.8, 4) is 5.88 Å². The van der Waals surface area contributed by atoms with E-state index in [1.54, 1.807) is 25.4 Å². The standard InChI is InChI=1S/C27H24N2O2/c1-31-25-18-17-24(20-28-25)29-26(30)27(22-13-7-3-8-14-22,23-15-9-4-10-16-23)19-21-11-5-2-6-12-21/h2-18,20H,19H2,1H3,(H,29,30). The van der Waals surface area contributed by atoms with Gasteiger partial charge < -0.3 is 10.1 Å². The summed E-state index contributed by atoms with van der Waals surface area (Å²) in [5.41, 5.74) is 2.66. The second-order valence-electron chi connectivity index (χ2n) is 7.34. The molecular weight excluding hydrogens is 384 g/mol. The van der Waals surface area contributed by atoms with Crippen molar-refractivity contribution in [1.82, 2.24) is 4.98 Å². The number of nitrogens with one attached hydrogen (secondary N) is 1. The normalized spacial score (nSPS) is 11.0. The van der Waals surface area contributed by atoms with Crippen molar-refractivity contribution in [1.29, 1.82) is 0 Å². The van der Waals surface area contributed by atoms with Gasteiger partial charge in [-0.25, -0.2) is 4.98 Å². The molecule has 1 amide bonds. The Kier molecular flexibility index (Phi) is 6.08. The zero-order chi connectivity index (χ0) is 21.5. The number of hydrogen-bond acceptors (Lipinski definition) is 3. The first kappa shape index (κ1) is 20.4. The Hall–Kier alpha value is -3.92. The van der Waals surface area contributed by atoms with E-state index >= 15 is 0 Å². The van der Waals surface area contributed by atoms with E-state index in [2.05, 4.69) is 22.4 Å². The van der Waals surface area contributed by atoms with Crippen LogP contribution >= 0.6 is 0 Å². The van der Waals surface area contributed by atoms with Crippen molar-refractivity contribution < 1.29 is 9.53 Å². The van der Waals surface area contributed by atoms with Crippen LogP contribution in [0, 0.1) is 0 Å². The largest absolute Gasteiger partial charge is 0.481 e. The molecular formula is C27H24N2O2. The van der Waals surface area contributed by atoms with E-state index in [1.807, 2.05) is 78.9 Å². The molecule has 0 aliphatic rings. The molecule has 1 aromatic heterocycles. The van der Waals surface area contributed by atoms with Crippen molar-refractivity contribution in [3.63, 3.8) is 0 Å². The third-order valence-electron chi connectivity index (χ3n) is 5.44. The maximum atomic E-state index is 14.0. The Morgan fingerprint density at radius 3 is 1.84 bits per heavy atom. The highest BCUT2D eigenvalue weighted by atomic mass is 16.5. The number of methoxy groups -OCH3 is 1. The van der Waals surface area contributed by atoms with Gasteiger partial charge in [0.1, 0.15) is 5.41 Å². The van der Waals surface area contributed by atoms with E-state index in [-0.39, 0.29) is 5.91 Å². The summed E-state index contributed by atoms with van der Waals surface area (Å²) in [4.78, 5) is 18.2. The number of rotatable bonds is 7. The number of aromatic nitrogens is 1. The minimum absolute atomic E-state index is 0.110. The Morgan fingerprint density at radius 1 is 0.806 bits per heavy atom. The molecule has 0 aliphatic carbocycles. The van der Waals surface area contributed by atoms with Gasteiger partial charge in [0.05, 0.1) is 19.0 Å². The topological polar surface area (TPSA) is 51.2 Å². The minimum Gasteiger partial charge on any atom is -0.481 e. The SMILES string of the molecule is COc1ccc(NC(=O)C(Cc2ccccc2)(c2ccccc2)c2ccccc2)cn1. The Labute approximate surface area is 182 Å². The molecule has 0 saturated carbocycles. The van der Waals surface area contributed by atoms with Gasteiger partial charge in [-0.05, 0) is 29.2 Å². The van der Waals surface area contributed by atoms with Crippen molar-refractivity contribution in [3.05, 3.63) is 126 Å². The first-order valence-electron chi connectivity index (χ1n) is 10.2. The minimum atomic E-state index is -0.913. The summed E-state index contributed by atoms with van der Waals surface area (Å²) in [6, 6.07) is 33.5. The van der Waals surface area contributed by atoms with Crippen LogP contribution in [0.15, 0.2) is 109 Å². The van der Waals surface area contributed by atoms with Gasteiger partial charge in [-0.15, -0.1) is 0 Å². The summed E-state index contributed by atoms with van der Waals surface area (Å²) in [6.07, 6.45) is 2.14. The average molecular weight is 409 g/mol. The molecule has 0 fully saturated rings. The fourth-order valence-electron chi connectivity index (χ4n) is 3.87. The number of carbonyl (C=O) groups excluding carboxylic acids is 1. The molecule has 4 aromatic rings. The summed E-state index contributed by atoms with van der Waals surface area (Å²) in [7, 11) is 1.57. The highest BCUT2D eigenvalue weighted by Crippen LogP contribution is 2.37. The fourth-order valence-corrected chi connectivity index (χ4v) is 3.87. The summed E-state index contributed by atoms with van der Waals surface area (Å²) in [5, 5.41) is 3.09. The van der Waals surface area contributed by atoms with Crippen LogP contribution in [0.5, 0.6) is 5.88 Å². The van der Waals surface area contributed by atoms with Crippen molar-refractivity contribution in [2.24, 2.45) is 0 Å². The molecule has 1 N–H and O–H groups in total. The second-order valence-corrected chi connectivity index (χ2v) is 7.34. The van der Waals surface area contributed by atoms with E-state index in [9.17, 15) is 4.79 Å². The predicted octanol–water partition coefficient (Wildman–Crippen LogP) is 5.26. The number of nitrogens with zero attached hydrogens (tertiary/aromatic N) is 1. The summed E-state index contributed by atoms with van der Waals surface area (Å²) >= 11 is 0. The molecule has 0 atom stereocenters. The summed E-state index contributed by atoms with van der Waals surface area (Å²) in [5.74, 6) is 0.389. The molecule has 4 nitrogen and oxygen atoms in total. The van der Waals surface area contributed by atoms with Gasteiger partial charge in [0.25, 0.3) is 0 Å². The number of carbonyl (C=O) groups is 1. The fraction of sp³-hybridized carbons (Fsp3) is 0.111. The molecule has 0 unspecified atom stereocenters. The second kappa shape index (κ2) is 9.26. The van der Waals surface area contributed by atoms with Gasteiger partial charge in [-0.2, -0.15) is 0 Å². The summed E-state index contributed by atoms with van der Waals surface area (Å²) in [6.45, 7) is 0. The first-order chi connectivity index (χ1) is 15.2. The lowest BCUT2D eigenvalue weighted by Crippen LogP contribution is -2.43. The molecule has 4 rings (SSSR count). The molecule has 0 bridgehead atoms. The molecule has 3 aromatic carbocycles. The van der Waals surface area contributed by atoms with Crippen LogP contribution in [0.3, 0.4) is 0 Å². The number of anilines is 1. The Balaban J connectivity index is 1.84. The number of ether oxygens (including phenoxy) is 1. The lowest BCUT2D eigenvalue weighted by atomic mass is 9.69. The zero-order valence-electron chi connectivity index (χ0n) is 17.4. The highest BCUT2D eigenvalue weighted by molar-refractivity contribution is 6.02. The number of benzene rings is 3. The molecule has 0 aliphatic heterocycles. The smallest absolute Gasteiger partial charge is 0.239 e. The van der Waals surface area contributed by atoms with Gasteiger partial charge >= 0.3 is 0 Å². The monoisotopic (exact) mass is 408 g/mol. The lowest BCUT2D eigenvalue weighted by molar-refractivity contribution is -0.120. The molecule has 4 heteroatoms. The highest BCUT2D eigenvalue weighted by Gasteiger charge is 2.42. The van der Waals surface area contributed by atoms with Crippen molar-refractivity contribution in [2.45, 2.75) is 11.8 Å². The Morgan fingerprint density at radius 2 is 1.35 bits per heavy atom. The molecule has 1 heterocycles. The van der Waals surface area contributed by atoms with E-state index < -0.39 is 5.41 Å². The zero-order valence-corrected chi connectivity index (χ0v) is 17.4. The van der Waals surface area contributed by atoms with E-state index in [0.29, 0.717) is 18.0 Å². The number of pyridine rings is 1. The maximum absolute atomic E-state index is 14.0. The van der Waals surface area contributed by atoms with Crippen LogP contribution < -0.4 is 10.1 Å². The predicted molar refractivity (Wildman–Crippen MR) is 123 cm³/mol. The van der Waals surface area contributed by atoms with E-state index in [4.69, 9.17) is 4.74 Å². The van der Waals surface area contributed by atoms with Gasteiger partial charge in [-0.1, -0.05) is 91.0 Å². The lowest BCUT2D eigenvalue weighted by Gasteiger charge is -2.34. The maximum Gasteiger partial charge on any atom is 0.239 e. The molecule has 31 heavy (non-hydrogen) atoms. The van der Waals surface area contributed by atoms with Gasteiger partial charge in [0.15, 0.2) is 0 Å². The quantitative estimate of drug-likeness (QED) is 0.454. The van der Waals surface area contributed by atoms with E-state index in [1.165, 1.54) is 0 Å². The molecule has 0 spiro atoms. The third kappa shape index (κ3) is 4.33. The number of amides is 1. The van der Waals surface area contributed by atoms with Gasteiger partial charge in [0, 0.05) is 6.07 Å². The molecule has 0 saturated heterocycles. The van der Waals surface area contributed by atoms with Gasteiger partial charge in [-0.3, -0.25) is 4.79 Å². The first-order valence-corrected chi connectivity index (χ1v) is 10.2. The van der Waals surface area contributed by atoms with Crippen molar-refractivity contribution >= 4 is 11.6 Å². The third-order valence-corrected chi connectivity index (χ3v) is 5.44. The van der Waals surface area contributed by atoms with E-state index in [0.717, 1.165) is 16.7 Å². The molecule has 154 valence electrons. The van der Waals surface area contributed by atoms with Crippen LogP contribution in [0.25, 0.3) is 0 Å². The van der Waals surface area contributed by atoms with Crippen LogP contribution in [0.2, 0.25) is 0 Å². The van der Waals surface area contributed by atoms with Crippen LogP contribution in [0.4, 0.5) is 5.69 Å². The average Bonchev–Trinajstić information content (AvgIpc) is 2.84. The van der Waals surface area contributed by atoms with Gasteiger partial charge in [0.2, 0.25) is 11.8 Å². The van der Waals surface area contributed by atoms with Crippen molar-refractivity contribution in [2.75, 3.05) is 12.4 Å².